The summed E-state index contributed by atoms with van der Waals surface area (Å²) in [7, 11) is 10.6. The van der Waals surface area contributed by atoms with Crippen molar-refractivity contribution in [3.63, 3.8) is 0 Å². The van der Waals surface area contributed by atoms with Crippen LogP contribution >= 0.6 is 0 Å². The third-order valence-corrected chi connectivity index (χ3v) is 17.1. The van der Waals surface area contributed by atoms with Gasteiger partial charge in [0, 0.05) is 44.1 Å². The Morgan fingerprint density at radius 1 is 0.554 bits per heavy atom. The summed E-state index contributed by atoms with van der Waals surface area (Å²) < 4.78 is 38.9. The fourth-order valence-electron chi connectivity index (χ4n) is 12.7. The molecule has 0 N–H and O–H groups in total. The molecule has 4 aliphatic heterocycles. The molecule has 0 aliphatic carbocycles. The van der Waals surface area contributed by atoms with Crippen LogP contribution in [-0.4, -0.2) is 88.6 Å². The maximum atomic E-state index is 13.7. The van der Waals surface area contributed by atoms with Crippen LogP contribution in [0.1, 0.15) is 175 Å². The molecule has 74 heavy (non-hydrogen) atoms. The standard InChI is InChI=1S/C62H86N2O10/c1-9-11-13-15-17-19-21-23-25-49(61(65)66)63(3)35-33-45-40-54(70-6)56-42-48(45)51(63)37-43-27-30-47(31-28-43)73-55-39-44(29-32-53(55)69-5)38-52-58-46(41-57(71-7)59(72-8)60(58)74-56)34-36-64(52,4)50(62(67)68)26-24-22-20-18-16-14-12-10-2/h27-32,39-42,49-52H,9-26,33-38H2,1-8H3. The zero-order chi connectivity index (χ0) is 52.8. The zero-order valence-electron chi connectivity index (χ0n) is 46.0. The summed E-state index contributed by atoms with van der Waals surface area (Å²) in [5.41, 5.74) is 5.80. The van der Waals surface area contributed by atoms with Crippen molar-refractivity contribution in [2.45, 2.75) is 179 Å². The van der Waals surface area contributed by atoms with E-state index >= 15 is 0 Å². The number of likely N-dealkylation sites (N-methyl/N-ethyl adjacent to an activating group) is 2. The minimum atomic E-state index is -1.07. The number of carbonyl (C=O) groups excluding carboxylic acids is 2. The molecular formula is C62H86N2O10. The van der Waals surface area contributed by atoms with Crippen LogP contribution < -0.4 is 38.6 Å². The molecule has 6 unspecified atom stereocenters. The highest BCUT2D eigenvalue weighted by atomic mass is 16.5. The van der Waals surface area contributed by atoms with Crippen molar-refractivity contribution in [1.29, 1.82) is 0 Å². The molecule has 4 heterocycles. The van der Waals surface area contributed by atoms with E-state index < -0.39 is 30.1 Å². The number of aliphatic carboxylic acids is 2. The first kappa shape index (κ1) is 56.3. The second-order valence-electron chi connectivity index (χ2n) is 21.8. The number of rotatable bonds is 26. The van der Waals surface area contributed by atoms with Crippen molar-refractivity contribution in [1.82, 2.24) is 0 Å². The van der Waals surface area contributed by atoms with Crippen molar-refractivity contribution in [3.8, 4) is 46.0 Å². The van der Waals surface area contributed by atoms with E-state index in [0.29, 0.717) is 97.6 Å². The highest BCUT2D eigenvalue weighted by molar-refractivity contribution is 5.71. The van der Waals surface area contributed by atoms with Crippen LogP contribution in [0.3, 0.4) is 0 Å². The number of methoxy groups -OCH3 is 4. The van der Waals surface area contributed by atoms with E-state index in [2.05, 4.69) is 52.2 Å². The van der Waals surface area contributed by atoms with E-state index in [1.165, 1.54) is 51.4 Å². The summed E-state index contributed by atoms with van der Waals surface area (Å²) in [6, 6.07) is 17.7. The van der Waals surface area contributed by atoms with E-state index in [-0.39, 0.29) is 15.0 Å². The number of carboxylic acids is 2. The monoisotopic (exact) mass is 1020 g/mol. The minimum Gasteiger partial charge on any atom is -0.544 e. The average Bonchev–Trinajstić information content (AvgIpc) is 3.39. The molecule has 0 amide bonds. The van der Waals surface area contributed by atoms with Gasteiger partial charge < -0.3 is 57.2 Å². The third kappa shape index (κ3) is 12.8. The van der Waals surface area contributed by atoms with Gasteiger partial charge in [-0.1, -0.05) is 122 Å². The molecule has 12 heteroatoms. The lowest BCUT2D eigenvalue weighted by atomic mass is 9.83. The highest BCUT2D eigenvalue weighted by Crippen LogP contribution is 2.55. The molecule has 0 fully saturated rings. The smallest absolute Gasteiger partial charge is 0.204 e. The van der Waals surface area contributed by atoms with Gasteiger partial charge in [0.2, 0.25) is 5.75 Å². The van der Waals surface area contributed by atoms with E-state index in [9.17, 15) is 19.8 Å². The van der Waals surface area contributed by atoms with Crippen molar-refractivity contribution in [3.05, 3.63) is 94.0 Å². The Bertz CT molecular complexity index is 2490. The number of ether oxygens (including phenoxy) is 6. The highest BCUT2D eigenvalue weighted by Gasteiger charge is 2.49. The molecule has 0 saturated carbocycles. The number of hydrogen-bond acceptors (Lipinski definition) is 10. The largest absolute Gasteiger partial charge is 0.544 e. The fraction of sp³-hybridized carbons (Fsp3) is 0.581. The number of quaternary nitrogens is 2. The average molecular weight is 1020 g/mol. The number of fused-ring (bicyclic) bond motifs is 2. The normalized spacial score (nSPS) is 20.7. The van der Waals surface area contributed by atoms with Crippen molar-refractivity contribution >= 4 is 11.9 Å². The SMILES string of the molecule is CCCCCCCCCCC(C(=O)[O-])[N+]1(C)CCc2cc(OC)c3cc2C1Cc1ccc(cc1)Oc1cc(ccc1OC)CC1c2c(cc(OC)c(OC)c2O3)CC[N+]1(C)C(CCCCCCCCCC)C(=O)[O-]. The van der Waals surface area contributed by atoms with Crippen LogP contribution in [0, 0.1) is 0 Å². The van der Waals surface area contributed by atoms with Gasteiger partial charge in [0.1, 0.15) is 29.9 Å². The fourth-order valence-corrected chi connectivity index (χ4v) is 12.7. The molecule has 404 valence electrons. The van der Waals surface area contributed by atoms with Gasteiger partial charge in [0.05, 0.1) is 73.1 Å². The summed E-state index contributed by atoms with van der Waals surface area (Å²) >= 11 is 0. The Hall–Kier alpha value is -5.46. The van der Waals surface area contributed by atoms with Crippen molar-refractivity contribution in [2.75, 3.05) is 55.6 Å². The summed E-state index contributed by atoms with van der Waals surface area (Å²) in [5.74, 6) is 1.88. The van der Waals surface area contributed by atoms with E-state index in [0.717, 1.165) is 84.7 Å². The number of hydrogen-bond donors (Lipinski definition) is 0. The van der Waals surface area contributed by atoms with Gasteiger partial charge in [-0.05, 0) is 77.6 Å². The van der Waals surface area contributed by atoms with Gasteiger partial charge in [-0.3, -0.25) is 0 Å². The van der Waals surface area contributed by atoms with E-state index in [1.54, 1.807) is 28.4 Å². The number of benzene rings is 4. The molecular weight excluding hydrogens is 933 g/mol. The molecule has 12 nitrogen and oxygen atoms in total. The number of carboxylic acid groups (broad SMARTS) is 2. The van der Waals surface area contributed by atoms with Gasteiger partial charge >= 0.3 is 0 Å². The molecule has 6 bridgehead atoms. The van der Waals surface area contributed by atoms with Gasteiger partial charge in [-0.2, -0.15) is 0 Å². The first-order valence-corrected chi connectivity index (χ1v) is 28.0. The summed E-state index contributed by atoms with van der Waals surface area (Å²) in [4.78, 5) is 27.3. The van der Waals surface area contributed by atoms with Gasteiger partial charge in [0.15, 0.2) is 34.5 Å². The van der Waals surface area contributed by atoms with Crippen LogP contribution in [0.5, 0.6) is 46.0 Å². The predicted octanol–water partition coefficient (Wildman–Crippen LogP) is 11.5. The van der Waals surface area contributed by atoms with E-state index in [1.807, 2.05) is 36.4 Å². The second-order valence-corrected chi connectivity index (χ2v) is 21.8. The summed E-state index contributed by atoms with van der Waals surface area (Å²) in [6.07, 6.45) is 20.9. The number of unbranched alkanes of at least 4 members (excludes halogenated alkanes) is 14. The van der Waals surface area contributed by atoms with Crippen LogP contribution in [-0.2, 0) is 35.3 Å². The topological polar surface area (TPSA) is 136 Å². The van der Waals surface area contributed by atoms with Gasteiger partial charge in [-0.15, -0.1) is 0 Å². The lowest BCUT2D eigenvalue weighted by Crippen LogP contribution is -2.63. The lowest BCUT2D eigenvalue weighted by Gasteiger charge is -2.51. The second kappa shape index (κ2) is 26.3. The van der Waals surface area contributed by atoms with Crippen LogP contribution in [0.2, 0.25) is 0 Å². The lowest BCUT2D eigenvalue weighted by molar-refractivity contribution is -0.958. The molecule has 8 rings (SSSR count). The molecule has 0 saturated heterocycles. The number of carbonyl (C=O) groups is 2. The number of nitrogens with zero attached hydrogens (tertiary/aromatic N) is 2. The summed E-state index contributed by atoms with van der Waals surface area (Å²) in [6.45, 7) is 5.58. The van der Waals surface area contributed by atoms with E-state index in [4.69, 9.17) is 28.4 Å². The van der Waals surface area contributed by atoms with Gasteiger partial charge in [-0.25, -0.2) is 0 Å². The Morgan fingerprint density at radius 3 is 1.58 bits per heavy atom. The molecule has 4 aliphatic rings. The Labute approximate surface area is 442 Å². The maximum Gasteiger partial charge on any atom is 0.204 e. The third-order valence-electron chi connectivity index (χ3n) is 17.1. The molecule has 0 radical (unpaired) electrons. The molecule has 4 aromatic carbocycles. The molecule has 6 atom stereocenters. The Kier molecular flexibility index (Phi) is 20.0. The van der Waals surface area contributed by atoms with Gasteiger partial charge in [0.25, 0.3) is 0 Å². The Morgan fingerprint density at radius 2 is 1.04 bits per heavy atom. The molecule has 4 aromatic rings. The zero-order valence-corrected chi connectivity index (χ0v) is 46.0. The van der Waals surface area contributed by atoms with Crippen LogP contribution in [0.4, 0.5) is 0 Å². The molecule has 0 aromatic heterocycles. The first-order valence-electron chi connectivity index (χ1n) is 28.0. The quantitative estimate of drug-likeness (QED) is 0.0442. The minimum absolute atomic E-state index is 0.171. The maximum absolute atomic E-state index is 13.7. The van der Waals surface area contributed by atoms with Crippen LogP contribution in [0.25, 0.3) is 0 Å². The van der Waals surface area contributed by atoms with Crippen LogP contribution in [0.15, 0.2) is 60.7 Å². The molecule has 0 spiro atoms. The first-order chi connectivity index (χ1) is 35.8. The predicted molar refractivity (Wildman–Crippen MR) is 287 cm³/mol. The van der Waals surface area contributed by atoms with Crippen molar-refractivity contribution < 1.29 is 57.2 Å². The summed E-state index contributed by atoms with van der Waals surface area (Å²) in [5, 5.41) is 27.3. The Balaban J connectivity index is 1.38. The van der Waals surface area contributed by atoms with Crippen molar-refractivity contribution in [2.24, 2.45) is 0 Å².